The van der Waals surface area contributed by atoms with Crippen LogP contribution in [0.3, 0.4) is 0 Å². The Labute approximate surface area is 263 Å². The normalized spacial score (nSPS) is 13.7. The minimum Gasteiger partial charge on any atom is -0.359 e. The highest BCUT2D eigenvalue weighted by Crippen LogP contribution is 2.46. The third-order valence-corrected chi connectivity index (χ3v) is 8.27. The van der Waals surface area contributed by atoms with Crippen molar-refractivity contribution in [3.05, 3.63) is 175 Å². The van der Waals surface area contributed by atoms with Gasteiger partial charge in [-0.05, 0) is 59.2 Å². The molecule has 214 valence electrons. The Morgan fingerprint density at radius 2 is 1.02 bits per heavy atom. The van der Waals surface area contributed by atoms with Gasteiger partial charge >= 0.3 is 0 Å². The molecule has 6 aromatic carbocycles. The van der Waals surface area contributed by atoms with Gasteiger partial charge in [-0.15, -0.1) is 0 Å². The highest BCUT2D eigenvalue weighted by molar-refractivity contribution is 5.83. The number of para-hydroxylation sites is 3. The molecule has 1 unspecified atom stereocenters. The zero-order chi connectivity index (χ0) is 30.0. The molecular formula is C41H30N4. The summed E-state index contributed by atoms with van der Waals surface area (Å²) in [6, 6.07) is 59.1. The van der Waals surface area contributed by atoms with E-state index in [1.807, 2.05) is 12.1 Å². The van der Waals surface area contributed by atoms with Crippen molar-refractivity contribution in [2.75, 3.05) is 10.2 Å². The van der Waals surface area contributed by atoms with Crippen molar-refractivity contribution in [2.45, 2.75) is 6.17 Å². The molecule has 0 saturated carbocycles. The van der Waals surface area contributed by atoms with Gasteiger partial charge in [0.25, 0.3) is 0 Å². The second-order valence-electron chi connectivity index (χ2n) is 11.2. The summed E-state index contributed by atoms with van der Waals surface area (Å²) in [4.78, 5) is 12.7. The van der Waals surface area contributed by atoms with Gasteiger partial charge in [0.1, 0.15) is 6.17 Å². The maximum Gasteiger partial charge on any atom is 0.160 e. The van der Waals surface area contributed by atoms with Gasteiger partial charge in [-0.25, -0.2) is 9.97 Å². The molecule has 8 rings (SSSR count). The first-order valence-electron chi connectivity index (χ1n) is 15.2. The van der Waals surface area contributed by atoms with Gasteiger partial charge in [-0.3, -0.25) is 0 Å². The predicted molar refractivity (Wildman–Crippen MR) is 185 cm³/mol. The molecule has 1 N–H and O–H groups in total. The third kappa shape index (κ3) is 5.23. The Bertz CT molecular complexity index is 2090. The minimum absolute atomic E-state index is 0.0796. The molecule has 7 aromatic rings. The third-order valence-electron chi connectivity index (χ3n) is 8.27. The molecular weight excluding hydrogens is 548 g/mol. The Balaban J connectivity index is 1.23. The topological polar surface area (TPSA) is 41.1 Å². The van der Waals surface area contributed by atoms with Crippen LogP contribution in [-0.4, -0.2) is 9.97 Å². The van der Waals surface area contributed by atoms with Crippen LogP contribution >= 0.6 is 0 Å². The fourth-order valence-corrected chi connectivity index (χ4v) is 6.08. The van der Waals surface area contributed by atoms with Crippen molar-refractivity contribution >= 4 is 17.1 Å². The Morgan fingerprint density at radius 3 is 1.80 bits per heavy atom. The number of anilines is 3. The SMILES string of the molecule is c1ccc(-c2cccc(-c3cc(-c4ccccc4)nc(-c4cccc(C5Nc6ccccc6N5c5ccccc5)c4)n3)c2)cc1. The van der Waals surface area contributed by atoms with Gasteiger partial charge in [0, 0.05) is 22.4 Å². The first kappa shape index (κ1) is 26.6. The van der Waals surface area contributed by atoms with Gasteiger partial charge in [-0.1, -0.05) is 127 Å². The minimum atomic E-state index is -0.0796. The fraction of sp³-hybridized carbons (Fsp3) is 0.0244. The first-order valence-corrected chi connectivity index (χ1v) is 15.2. The average Bonchev–Trinajstić information content (AvgIpc) is 3.53. The lowest BCUT2D eigenvalue weighted by Crippen LogP contribution is -2.23. The molecule has 45 heavy (non-hydrogen) atoms. The number of hydrogen-bond donors (Lipinski definition) is 1. The highest BCUT2D eigenvalue weighted by atomic mass is 15.3. The van der Waals surface area contributed by atoms with Crippen LogP contribution in [0.1, 0.15) is 11.7 Å². The van der Waals surface area contributed by atoms with E-state index in [1.165, 1.54) is 5.56 Å². The van der Waals surface area contributed by atoms with Crippen molar-refractivity contribution in [3.8, 4) is 45.0 Å². The highest BCUT2D eigenvalue weighted by Gasteiger charge is 2.31. The summed E-state index contributed by atoms with van der Waals surface area (Å²) in [6.45, 7) is 0. The molecule has 1 atom stereocenters. The predicted octanol–water partition coefficient (Wildman–Crippen LogP) is 10.4. The molecule has 0 saturated heterocycles. The monoisotopic (exact) mass is 578 g/mol. The average molecular weight is 579 g/mol. The van der Waals surface area contributed by atoms with Crippen LogP contribution in [0.25, 0.3) is 45.0 Å². The Hall–Kier alpha value is -6.00. The molecule has 0 amide bonds. The van der Waals surface area contributed by atoms with Crippen LogP contribution in [-0.2, 0) is 0 Å². The molecule has 4 nitrogen and oxygen atoms in total. The number of aromatic nitrogens is 2. The van der Waals surface area contributed by atoms with E-state index in [0.29, 0.717) is 5.82 Å². The number of nitrogens with zero attached hydrogens (tertiary/aromatic N) is 3. The van der Waals surface area contributed by atoms with Gasteiger partial charge in [-0.2, -0.15) is 0 Å². The lowest BCUT2D eigenvalue weighted by molar-refractivity contribution is 0.828. The van der Waals surface area contributed by atoms with Crippen LogP contribution in [0.2, 0.25) is 0 Å². The lowest BCUT2D eigenvalue weighted by Gasteiger charge is -2.27. The van der Waals surface area contributed by atoms with Gasteiger partial charge < -0.3 is 10.2 Å². The summed E-state index contributed by atoms with van der Waals surface area (Å²) in [7, 11) is 0. The summed E-state index contributed by atoms with van der Waals surface area (Å²) < 4.78 is 0. The Kier molecular flexibility index (Phi) is 6.85. The van der Waals surface area contributed by atoms with E-state index in [2.05, 4.69) is 168 Å². The maximum absolute atomic E-state index is 5.17. The summed E-state index contributed by atoms with van der Waals surface area (Å²) >= 11 is 0. The molecule has 0 bridgehead atoms. The van der Waals surface area contributed by atoms with E-state index < -0.39 is 0 Å². The summed E-state index contributed by atoms with van der Waals surface area (Å²) in [5.41, 5.74) is 11.7. The number of nitrogens with one attached hydrogen (secondary N) is 1. The van der Waals surface area contributed by atoms with E-state index >= 15 is 0 Å². The van der Waals surface area contributed by atoms with Crippen molar-refractivity contribution in [1.82, 2.24) is 9.97 Å². The molecule has 0 spiro atoms. The maximum atomic E-state index is 5.17. The number of fused-ring (bicyclic) bond motifs is 1. The summed E-state index contributed by atoms with van der Waals surface area (Å²) in [5, 5.41) is 3.76. The van der Waals surface area contributed by atoms with E-state index in [-0.39, 0.29) is 6.17 Å². The second kappa shape index (κ2) is 11.6. The number of benzene rings is 6. The van der Waals surface area contributed by atoms with E-state index in [4.69, 9.17) is 9.97 Å². The summed E-state index contributed by atoms with van der Waals surface area (Å²) in [6.07, 6.45) is -0.0796. The van der Waals surface area contributed by atoms with Crippen molar-refractivity contribution in [1.29, 1.82) is 0 Å². The summed E-state index contributed by atoms with van der Waals surface area (Å²) in [5.74, 6) is 0.695. The molecule has 0 radical (unpaired) electrons. The molecule has 4 heteroatoms. The van der Waals surface area contributed by atoms with Gasteiger partial charge in [0.05, 0.1) is 22.8 Å². The van der Waals surface area contributed by atoms with Crippen LogP contribution in [0.15, 0.2) is 170 Å². The van der Waals surface area contributed by atoms with Gasteiger partial charge in [0.2, 0.25) is 0 Å². The number of rotatable bonds is 6. The molecule has 2 heterocycles. The molecule has 1 aliphatic heterocycles. The standard InChI is InChI=1S/C41H30N4/c1-4-14-29(15-5-1)31-18-12-19-32(26-31)38-28-37(30-16-6-2-7-17-30)42-40(43-38)33-20-13-21-34(27-33)41-44-36-24-10-11-25-39(36)45(41)35-22-8-3-9-23-35/h1-28,41,44H. The lowest BCUT2D eigenvalue weighted by atomic mass is 10.0. The van der Waals surface area contributed by atoms with Crippen LogP contribution < -0.4 is 10.2 Å². The second-order valence-corrected chi connectivity index (χ2v) is 11.2. The zero-order valence-electron chi connectivity index (χ0n) is 24.6. The van der Waals surface area contributed by atoms with E-state index in [1.54, 1.807) is 0 Å². The first-order chi connectivity index (χ1) is 22.3. The number of hydrogen-bond acceptors (Lipinski definition) is 4. The van der Waals surface area contributed by atoms with Crippen molar-refractivity contribution in [3.63, 3.8) is 0 Å². The van der Waals surface area contributed by atoms with Crippen molar-refractivity contribution < 1.29 is 0 Å². The fourth-order valence-electron chi connectivity index (χ4n) is 6.08. The molecule has 0 fully saturated rings. The zero-order valence-corrected chi connectivity index (χ0v) is 24.6. The molecule has 1 aliphatic rings. The Morgan fingerprint density at radius 1 is 0.444 bits per heavy atom. The van der Waals surface area contributed by atoms with Crippen molar-refractivity contribution in [2.24, 2.45) is 0 Å². The van der Waals surface area contributed by atoms with Crippen LogP contribution in [0.5, 0.6) is 0 Å². The quantitative estimate of drug-likeness (QED) is 0.213. The molecule has 1 aromatic heterocycles. The van der Waals surface area contributed by atoms with Crippen LogP contribution in [0, 0.1) is 0 Å². The molecule has 0 aliphatic carbocycles. The van der Waals surface area contributed by atoms with Crippen LogP contribution in [0.4, 0.5) is 17.1 Å². The van der Waals surface area contributed by atoms with E-state index in [0.717, 1.165) is 56.3 Å². The largest absolute Gasteiger partial charge is 0.359 e. The van der Waals surface area contributed by atoms with E-state index in [9.17, 15) is 0 Å². The smallest absolute Gasteiger partial charge is 0.160 e. The van der Waals surface area contributed by atoms with Gasteiger partial charge in [0.15, 0.2) is 5.82 Å².